The van der Waals surface area contributed by atoms with Gasteiger partial charge in [0.25, 0.3) is 0 Å². The fourth-order valence-corrected chi connectivity index (χ4v) is 4.78. The molecule has 1 atom stereocenters. The van der Waals surface area contributed by atoms with Crippen molar-refractivity contribution in [1.29, 1.82) is 0 Å². The molecule has 2 N–H and O–H groups in total. The summed E-state index contributed by atoms with van der Waals surface area (Å²) in [7, 11) is 0. The fourth-order valence-electron chi connectivity index (χ4n) is 2.85. The molecule has 8 heteroatoms. The van der Waals surface area contributed by atoms with Crippen molar-refractivity contribution >= 4 is 50.8 Å². The number of fused-ring (bicyclic) bond motifs is 1. The van der Waals surface area contributed by atoms with Gasteiger partial charge in [0, 0.05) is 22.9 Å². The molecular formula is C20H22N4O2S2. The highest BCUT2D eigenvalue weighted by Crippen LogP contribution is 2.34. The lowest BCUT2D eigenvalue weighted by Gasteiger charge is -2.15. The zero-order valence-corrected chi connectivity index (χ0v) is 17.8. The van der Waals surface area contributed by atoms with Gasteiger partial charge in [-0.05, 0) is 44.0 Å². The largest absolute Gasteiger partial charge is 0.349 e. The quantitative estimate of drug-likeness (QED) is 0.466. The highest BCUT2D eigenvalue weighted by molar-refractivity contribution is 8.00. The molecule has 2 amide bonds. The van der Waals surface area contributed by atoms with Gasteiger partial charge in [-0.2, -0.15) is 0 Å². The van der Waals surface area contributed by atoms with Crippen LogP contribution in [0.5, 0.6) is 0 Å². The van der Waals surface area contributed by atoms with E-state index in [2.05, 4.69) is 34.4 Å². The maximum atomic E-state index is 12.4. The Hall–Kier alpha value is -2.45. The highest BCUT2D eigenvalue weighted by Gasteiger charge is 2.15. The normalized spacial score (nSPS) is 12.0. The number of aromatic nitrogens is 2. The molecule has 0 bridgehead atoms. The SMILES string of the molecule is CC(=O)Nc1cccc(C(C)NC(=O)CSc2ncnc3sc(C)c(C)c23)c1. The molecule has 2 aromatic heterocycles. The summed E-state index contributed by atoms with van der Waals surface area (Å²) in [5.41, 5.74) is 2.82. The maximum absolute atomic E-state index is 12.4. The number of carbonyl (C=O) groups excluding carboxylic acids is 2. The number of anilines is 1. The molecule has 146 valence electrons. The topological polar surface area (TPSA) is 84.0 Å². The van der Waals surface area contributed by atoms with Crippen LogP contribution >= 0.6 is 23.1 Å². The molecule has 0 fully saturated rings. The van der Waals surface area contributed by atoms with Crippen LogP contribution in [0.15, 0.2) is 35.6 Å². The van der Waals surface area contributed by atoms with E-state index in [9.17, 15) is 9.59 Å². The van der Waals surface area contributed by atoms with Crippen LogP contribution in [0.3, 0.4) is 0 Å². The average molecular weight is 415 g/mol. The number of carbonyl (C=O) groups is 2. The average Bonchev–Trinajstić information content (AvgIpc) is 2.94. The van der Waals surface area contributed by atoms with E-state index >= 15 is 0 Å². The summed E-state index contributed by atoms with van der Waals surface area (Å²) < 4.78 is 0. The Morgan fingerprint density at radius 2 is 2.04 bits per heavy atom. The van der Waals surface area contributed by atoms with Crippen molar-refractivity contribution in [3.05, 3.63) is 46.6 Å². The Kier molecular flexibility index (Phi) is 6.31. The summed E-state index contributed by atoms with van der Waals surface area (Å²) in [5, 5.41) is 7.63. The molecular weight excluding hydrogens is 392 g/mol. The minimum Gasteiger partial charge on any atom is -0.349 e. The van der Waals surface area contributed by atoms with Crippen molar-refractivity contribution < 1.29 is 9.59 Å². The summed E-state index contributed by atoms with van der Waals surface area (Å²) in [6.45, 7) is 7.52. The first-order valence-electron chi connectivity index (χ1n) is 8.85. The molecule has 6 nitrogen and oxygen atoms in total. The Bertz CT molecular complexity index is 1030. The van der Waals surface area contributed by atoms with Gasteiger partial charge in [0.1, 0.15) is 16.2 Å². The molecule has 0 saturated carbocycles. The zero-order valence-electron chi connectivity index (χ0n) is 16.2. The number of thioether (sulfide) groups is 1. The summed E-state index contributed by atoms with van der Waals surface area (Å²) in [6.07, 6.45) is 1.55. The van der Waals surface area contributed by atoms with E-state index in [1.54, 1.807) is 17.7 Å². The van der Waals surface area contributed by atoms with E-state index in [0.717, 1.165) is 20.8 Å². The maximum Gasteiger partial charge on any atom is 0.230 e. The first-order chi connectivity index (χ1) is 13.3. The molecule has 2 heterocycles. The van der Waals surface area contributed by atoms with Crippen LogP contribution in [0.4, 0.5) is 5.69 Å². The number of hydrogen-bond donors (Lipinski definition) is 2. The van der Waals surface area contributed by atoms with Crippen LogP contribution in [-0.4, -0.2) is 27.5 Å². The highest BCUT2D eigenvalue weighted by atomic mass is 32.2. The van der Waals surface area contributed by atoms with Gasteiger partial charge in [-0.1, -0.05) is 23.9 Å². The predicted octanol–water partition coefficient (Wildman–Crippen LogP) is 4.24. The van der Waals surface area contributed by atoms with Gasteiger partial charge in [0.2, 0.25) is 11.8 Å². The van der Waals surface area contributed by atoms with Crippen LogP contribution in [-0.2, 0) is 9.59 Å². The second-order valence-electron chi connectivity index (χ2n) is 6.53. The molecule has 0 aliphatic rings. The lowest BCUT2D eigenvalue weighted by atomic mass is 10.1. The summed E-state index contributed by atoms with van der Waals surface area (Å²) in [5.74, 6) is 0.0788. The Morgan fingerprint density at radius 1 is 1.25 bits per heavy atom. The lowest BCUT2D eigenvalue weighted by Crippen LogP contribution is -2.28. The van der Waals surface area contributed by atoms with Gasteiger partial charge < -0.3 is 10.6 Å². The van der Waals surface area contributed by atoms with Crippen LogP contribution in [0.25, 0.3) is 10.2 Å². The number of thiophene rings is 1. The summed E-state index contributed by atoms with van der Waals surface area (Å²) in [6, 6.07) is 7.30. The summed E-state index contributed by atoms with van der Waals surface area (Å²) >= 11 is 3.07. The predicted molar refractivity (Wildman–Crippen MR) is 115 cm³/mol. The van der Waals surface area contributed by atoms with E-state index < -0.39 is 0 Å². The van der Waals surface area contributed by atoms with Crippen molar-refractivity contribution in [3.8, 4) is 0 Å². The van der Waals surface area contributed by atoms with E-state index in [1.165, 1.54) is 29.1 Å². The van der Waals surface area contributed by atoms with E-state index in [-0.39, 0.29) is 23.6 Å². The molecule has 0 aliphatic carbocycles. The molecule has 1 aromatic carbocycles. The van der Waals surface area contributed by atoms with Crippen molar-refractivity contribution in [2.75, 3.05) is 11.1 Å². The number of nitrogens with one attached hydrogen (secondary N) is 2. The number of hydrogen-bond acceptors (Lipinski definition) is 6. The van der Waals surface area contributed by atoms with Gasteiger partial charge in [-0.3, -0.25) is 9.59 Å². The third-order valence-electron chi connectivity index (χ3n) is 4.36. The van der Waals surface area contributed by atoms with E-state index in [0.29, 0.717) is 5.69 Å². The zero-order chi connectivity index (χ0) is 20.3. The lowest BCUT2D eigenvalue weighted by molar-refractivity contribution is -0.119. The van der Waals surface area contributed by atoms with Crippen LogP contribution < -0.4 is 10.6 Å². The van der Waals surface area contributed by atoms with E-state index in [1.807, 2.05) is 31.2 Å². The summed E-state index contributed by atoms with van der Waals surface area (Å²) in [4.78, 5) is 34.5. The molecule has 1 unspecified atom stereocenters. The third kappa shape index (κ3) is 4.69. The monoisotopic (exact) mass is 414 g/mol. The molecule has 0 saturated heterocycles. The number of nitrogens with zero attached hydrogens (tertiary/aromatic N) is 2. The molecule has 0 spiro atoms. The van der Waals surface area contributed by atoms with Gasteiger partial charge in [-0.15, -0.1) is 11.3 Å². The van der Waals surface area contributed by atoms with Crippen LogP contribution in [0, 0.1) is 13.8 Å². The van der Waals surface area contributed by atoms with Crippen molar-refractivity contribution in [3.63, 3.8) is 0 Å². The molecule has 0 aliphatic heterocycles. The minimum atomic E-state index is -0.169. The standard InChI is InChI=1S/C20H22N4O2S2/c1-11-13(3)28-20-18(11)19(21-10-22-20)27-9-17(26)23-12(2)15-6-5-7-16(8-15)24-14(4)25/h5-8,10,12H,9H2,1-4H3,(H,23,26)(H,24,25). The number of benzene rings is 1. The van der Waals surface area contributed by atoms with Crippen molar-refractivity contribution in [2.45, 2.75) is 38.8 Å². The Morgan fingerprint density at radius 3 is 2.79 bits per heavy atom. The van der Waals surface area contributed by atoms with Gasteiger partial charge >= 0.3 is 0 Å². The molecule has 28 heavy (non-hydrogen) atoms. The third-order valence-corrected chi connectivity index (χ3v) is 6.46. The molecule has 3 aromatic rings. The van der Waals surface area contributed by atoms with Crippen LogP contribution in [0.2, 0.25) is 0 Å². The first-order valence-corrected chi connectivity index (χ1v) is 10.7. The van der Waals surface area contributed by atoms with Crippen molar-refractivity contribution in [2.24, 2.45) is 0 Å². The number of rotatable bonds is 6. The second-order valence-corrected chi connectivity index (χ2v) is 8.69. The Labute approximate surface area is 172 Å². The van der Waals surface area contributed by atoms with E-state index in [4.69, 9.17) is 0 Å². The minimum absolute atomic E-state index is 0.0706. The smallest absolute Gasteiger partial charge is 0.230 e. The van der Waals surface area contributed by atoms with Crippen LogP contribution in [0.1, 0.15) is 35.9 Å². The van der Waals surface area contributed by atoms with Gasteiger partial charge in [0.15, 0.2) is 0 Å². The Balaban J connectivity index is 1.64. The number of aryl methyl sites for hydroxylation is 2. The van der Waals surface area contributed by atoms with Crippen molar-refractivity contribution in [1.82, 2.24) is 15.3 Å². The fraction of sp³-hybridized carbons (Fsp3) is 0.300. The molecule has 0 radical (unpaired) electrons. The van der Waals surface area contributed by atoms with Gasteiger partial charge in [-0.25, -0.2) is 9.97 Å². The van der Waals surface area contributed by atoms with Gasteiger partial charge in [0.05, 0.1) is 11.8 Å². The molecule has 3 rings (SSSR count). The second kappa shape index (κ2) is 8.70. The number of amides is 2. The first kappa shape index (κ1) is 20.3.